The maximum Gasteiger partial charge on any atom is 0.148 e. The van der Waals surface area contributed by atoms with Gasteiger partial charge in [-0.25, -0.2) is 8.78 Å². The van der Waals surface area contributed by atoms with Crippen molar-refractivity contribution in [2.45, 2.75) is 6.92 Å². The predicted molar refractivity (Wildman–Crippen MR) is 81.2 cm³/mol. The number of anilines is 2. The Labute approximate surface area is 128 Å². The molecule has 0 aliphatic carbocycles. The second-order valence-corrected chi connectivity index (χ2v) is 5.46. The fraction of sp³-hybridized carbons (Fsp3) is 0.167. The molecule has 0 bridgehead atoms. The lowest BCUT2D eigenvalue weighted by Gasteiger charge is -2.10. The molecule has 0 amide bonds. The Morgan fingerprint density at radius 1 is 1.40 bits per heavy atom. The van der Waals surface area contributed by atoms with Gasteiger partial charge in [0.2, 0.25) is 0 Å². The van der Waals surface area contributed by atoms with Crippen LogP contribution in [0.2, 0.25) is 0 Å². The van der Waals surface area contributed by atoms with Gasteiger partial charge in [0.05, 0.1) is 21.4 Å². The maximum atomic E-state index is 13.8. The first-order valence-corrected chi connectivity index (χ1v) is 6.76. The van der Waals surface area contributed by atoms with Crippen LogP contribution in [0.4, 0.5) is 20.3 Å². The van der Waals surface area contributed by atoms with Crippen LogP contribution in [0.3, 0.4) is 0 Å². The molecule has 0 saturated carbocycles. The average Bonchev–Trinajstić information content (AvgIpc) is 2.61. The molecular weight excluding hydrogens is 350 g/mol. The summed E-state index contributed by atoms with van der Waals surface area (Å²) >= 11 is 7.88. The van der Waals surface area contributed by atoms with Crippen molar-refractivity contribution >= 4 is 44.6 Å². The summed E-state index contributed by atoms with van der Waals surface area (Å²) in [5.41, 5.74) is 6.73. The number of thiocarbonyl (C=S) groups is 1. The Kier molecular flexibility index (Phi) is 4.05. The molecule has 0 radical (unpaired) electrons. The van der Waals surface area contributed by atoms with Gasteiger partial charge in [-0.3, -0.25) is 4.68 Å². The summed E-state index contributed by atoms with van der Waals surface area (Å²) in [5.74, 6) is -0.772. The zero-order valence-corrected chi connectivity index (χ0v) is 13.1. The lowest BCUT2D eigenvalue weighted by Crippen LogP contribution is -2.13. The van der Waals surface area contributed by atoms with Crippen molar-refractivity contribution in [2.75, 3.05) is 5.32 Å². The van der Waals surface area contributed by atoms with E-state index in [-0.39, 0.29) is 15.1 Å². The number of nitrogens with zero attached hydrogens (tertiary/aromatic N) is 2. The first-order valence-electron chi connectivity index (χ1n) is 5.56. The molecule has 0 fully saturated rings. The van der Waals surface area contributed by atoms with Crippen molar-refractivity contribution in [3.05, 3.63) is 39.5 Å². The van der Waals surface area contributed by atoms with Crippen LogP contribution in [-0.4, -0.2) is 14.8 Å². The van der Waals surface area contributed by atoms with Crippen LogP contribution in [0.25, 0.3) is 0 Å². The zero-order valence-electron chi connectivity index (χ0n) is 10.7. The van der Waals surface area contributed by atoms with Gasteiger partial charge in [-0.1, -0.05) is 12.2 Å². The maximum absolute atomic E-state index is 13.8. The average molecular weight is 361 g/mol. The van der Waals surface area contributed by atoms with Crippen LogP contribution < -0.4 is 11.1 Å². The molecule has 0 aliphatic heterocycles. The summed E-state index contributed by atoms with van der Waals surface area (Å²) in [7, 11) is 1.66. The number of nitrogens with two attached hydrogens (primary N) is 1. The predicted octanol–water partition coefficient (Wildman–Crippen LogP) is 3.15. The highest BCUT2D eigenvalue weighted by Gasteiger charge is 2.17. The van der Waals surface area contributed by atoms with Crippen molar-refractivity contribution < 1.29 is 8.78 Å². The quantitative estimate of drug-likeness (QED) is 0.652. The van der Waals surface area contributed by atoms with E-state index in [1.807, 2.05) is 0 Å². The second-order valence-electron chi connectivity index (χ2n) is 4.17. The van der Waals surface area contributed by atoms with Gasteiger partial charge >= 0.3 is 0 Å². The van der Waals surface area contributed by atoms with Gasteiger partial charge in [0, 0.05) is 13.1 Å². The van der Waals surface area contributed by atoms with Gasteiger partial charge in [0.25, 0.3) is 0 Å². The molecule has 20 heavy (non-hydrogen) atoms. The summed E-state index contributed by atoms with van der Waals surface area (Å²) in [5, 5.41) is 6.94. The lowest BCUT2D eigenvalue weighted by atomic mass is 10.2. The smallest absolute Gasteiger partial charge is 0.148 e. The van der Waals surface area contributed by atoms with Crippen LogP contribution in [-0.2, 0) is 7.05 Å². The standard InChI is InChI=1S/C12H11BrF2N4S/c1-5-10(11(16)20)12(19(2)18-5)17-9-4-7(14)6(13)3-8(9)15/h3-4,17H,1-2H3,(H2,16,20). The summed E-state index contributed by atoms with van der Waals surface area (Å²) < 4.78 is 28.9. The van der Waals surface area contributed by atoms with E-state index in [1.165, 1.54) is 4.68 Å². The Morgan fingerprint density at radius 3 is 2.65 bits per heavy atom. The molecule has 0 spiro atoms. The number of rotatable bonds is 3. The molecule has 3 N–H and O–H groups in total. The van der Waals surface area contributed by atoms with E-state index in [9.17, 15) is 8.78 Å². The van der Waals surface area contributed by atoms with Crippen molar-refractivity contribution in [2.24, 2.45) is 12.8 Å². The normalized spacial score (nSPS) is 10.7. The van der Waals surface area contributed by atoms with E-state index in [0.29, 0.717) is 17.1 Å². The number of hydrogen-bond donors (Lipinski definition) is 2. The summed E-state index contributed by atoms with van der Waals surface area (Å²) in [6.45, 7) is 1.73. The molecule has 1 heterocycles. The van der Waals surface area contributed by atoms with Crippen molar-refractivity contribution in [3.63, 3.8) is 0 Å². The molecule has 1 aromatic carbocycles. The summed E-state index contributed by atoms with van der Waals surface area (Å²) in [4.78, 5) is 0.135. The Bertz CT molecular complexity index is 699. The minimum atomic E-state index is -0.606. The van der Waals surface area contributed by atoms with Gasteiger partial charge in [-0.2, -0.15) is 5.10 Å². The van der Waals surface area contributed by atoms with Gasteiger partial charge in [-0.05, 0) is 28.9 Å². The molecule has 4 nitrogen and oxygen atoms in total. The number of nitrogens with one attached hydrogen (secondary N) is 1. The number of benzene rings is 1. The number of aromatic nitrogens is 2. The first kappa shape index (κ1) is 14.9. The van der Waals surface area contributed by atoms with E-state index < -0.39 is 11.6 Å². The largest absolute Gasteiger partial charge is 0.389 e. The second kappa shape index (κ2) is 5.45. The number of aryl methyl sites for hydroxylation is 2. The molecule has 106 valence electrons. The van der Waals surface area contributed by atoms with Gasteiger partial charge in [-0.15, -0.1) is 0 Å². The molecular formula is C12H11BrF2N4S. The number of halogens is 3. The zero-order chi connectivity index (χ0) is 15.0. The van der Waals surface area contributed by atoms with Crippen molar-refractivity contribution in [1.29, 1.82) is 0 Å². The highest BCUT2D eigenvalue weighted by Crippen LogP contribution is 2.28. The molecule has 0 unspecified atom stereocenters. The third-order valence-electron chi connectivity index (χ3n) is 2.73. The molecule has 8 heteroatoms. The summed E-state index contributed by atoms with van der Waals surface area (Å²) in [6.07, 6.45) is 0. The molecule has 0 saturated heterocycles. The Morgan fingerprint density at radius 2 is 2.05 bits per heavy atom. The lowest BCUT2D eigenvalue weighted by molar-refractivity contribution is 0.597. The van der Waals surface area contributed by atoms with Crippen LogP contribution in [0.1, 0.15) is 11.3 Å². The van der Waals surface area contributed by atoms with Crippen LogP contribution >= 0.6 is 28.1 Å². The molecule has 0 atom stereocenters. The van der Waals surface area contributed by atoms with E-state index in [0.717, 1.165) is 12.1 Å². The van der Waals surface area contributed by atoms with E-state index in [4.69, 9.17) is 18.0 Å². The van der Waals surface area contributed by atoms with Crippen LogP contribution in [0.5, 0.6) is 0 Å². The van der Waals surface area contributed by atoms with E-state index in [2.05, 4.69) is 26.3 Å². The highest BCUT2D eigenvalue weighted by atomic mass is 79.9. The topological polar surface area (TPSA) is 55.9 Å². The minimum Gasteiger partial charge on any atom is -0.389 e. The first-order chi connectivity index (χ1) is 9.31. The van der Waals surface area contributed by atoms with E-state index in [1.54, 1.807) is 14.0 Å². The fourth-order valence-corrected chi connectivity index (χ4v) is 2.40. The van der Waals surface area contributed by atoms with Crippen LogP contribution in [0, 0.1) is 18.6 Å². The fourth-order valence-electron chi connectivity index (χ4n) is 1.84. The van der Waals surface area contributed by atoms with Gasteiger partial charge < -0.3 is 11.1 Å². The third kappa shape index (κ3) is 2.66. The van der Waals surface area contributed by atoms with E-state index >= 15 is 0 Å². The van der Waals surface area contributed by atoms with Gasteiger partial charge in [0.15, 0.2) is 0 Å². The van der Waals surface area contributed by atoms with Crippen molar-refractivity contribution in [1.82, 2.24) is 9.78 Å². The highest BCUT2D eigenvalue weighted by molar-refractivity contribution is 9.10. The number of hydrogen-bond acceptors (Lipinski definition) is 3. The Hall–Kier alpha value is -1.54. The molecule has 0 aliphatic rings. The monoisotopic (exact) mass is 360 g/mol. The van der Waals surface area contributed by atoms with Crippen molar-refractivity contribution in [3.8, 4) is 0 Å². The Balaban J connectivity index is 2.50. The minimum absolute atomic E-state index is 0.0220. The molecule has 2 aromatic rings. The molecule has 2 rings (SSSR count). The molecule has 1 aromatic heterocycles. The summed E-state index contributed by atoms with van der Waals surface area (Å²) in [6, 6.07) is 2.09. The van der Waals surface area contributed by atoms with Crippen LogP contribution in [0.15, 0.2) is 16.6 Å². The van der Waals surface area contributed by atoms with Gasteiger partial charge in [0.1, 0.15) is 22.4 Å². The SMILES string of the molecule is Cc1nn(C)c(Nc2cc(F)c(Br)cc2F)c1C(N)=S. The third-order valence-corrected chi connectivity index (χ3v) is 3.54.